The number of aliphatic hydroxyl groups is 1. The Morgan fingerprint density at radius 1 is 1.50 bits per heavy atom. The van der Waals surface area contributed by atoms with Gasteiger partial charge in [-0.2, -0.15) is 13.2 Å². The van der Waals surface area contributed by atoms with Gasteiger partial charge in [0.05, 0.1) is 11.7 Å². The van der Waals surface area contributed by atoms with Crippen LogP contribution in [0.1, 0.15) is 18.8 Å². The third kappa shape index (κ3) is 2.15. The van der Waals surface area contributed by atoms with E-state index in [0.29, 0.717) is 0 Å². The number of nitrogens with zero attached hydrogens (tertiary/aromatic N) is 3. The quantitative estimate of drug-likeness (QED) is 0.860. The van der Waals surface area contributed by atoms with Crippen molar-refractivity contribution in [3.05, 3.63) is 23.2 Å². The van der Waals surface area contributed by atoms with Crippen LogP contribution in [0.15, 0.2) is 12.3 Å². The third-order valence-corrected chi connectivity index (χ3v) is 2.82. The molecule has 2 rings (SSSR count). The molecule has 98 valence electrons. The van der Waals surface area contributed by atoms with Crippen molar-refractivity contribution < 1.29 is 18.3 Å². The van der Waals surface area contributed by atoms with Gasteiger partial charge < -0.3 is 9.67 Å². The fourth-order valence-corrected chi connectivity index (χ4v) is 1.87. The number of alkyl halides is 3. The fourth-order valence-electron chi connectivity index (χ4n) is 1.71. The topological polar surface area (TPSA) is 50.9 Å². The Morgan fingerprint density at radius 2 is 2.17 bits per heavy atom. The van der Waals surface area contributed by atoms with Crippen molar-refractivity contribution in [1.29, 1.82) is 0 Å². The molecule has 1 unspecified atom stereocenters. The monoisotopic (exact) mass is 279 g/mol. The summed E-state index contributed by atoms with van der Waals surface area (Å²) in [5, 5.41) is 9.17. The molecular weight excluding hydrogens is 271 g/mol. The van der Waals surface area contributed by atoms with Gasteiger partial charge in [-0.05, 0) is 6.92 Å². The Bertz CT molecular complexity index is 581. The summed E-state index contributed by atoms with van der Waals surface area (Å²) in [6.07, 6.45) is -3.16. The van der Waals surface area contributed by atoms with Crippen LogP contribution < -0.4 is 0 Å². The van der Waals surface area contributed by atoms with Crippen LogP contribution in [0.5, 0.6) is 0 Å². The minimum atomic E-state index is -4.44. The number of fused-ring (bicyclic) bond motifs is 1. The van der Waals surface area contributed by atoms with Gasteiger partial charge in [0.1, 0.15) is 29.1 Å². The second kappa shape index (κ2) is 4.40. The predicted molar refractivity (Wildman–Crippen MR) is 59.2 cm³/mol. The highest BCUT2D eigenvalue weighted by Gasteiger charge is 2.39. The van der Waals surface area contributed by atoms with Crippen molar-refractivity contribution in [3.63, 3.8) is 0 Å². The van der Waals surface area contributed by atoms with Crippen molar-refractivity contribution in [1.82, 2.24) is 14.5 Å². The molecule has 0 aliphatic heterocycles. The molecule has 0 saturated carbocycles. The van der Waals surface area contributed by atoms with Gasteiger partial charge in [-0.15, -0.1) is 0 Å². The highest BCUT2D eigenvalue weighted by molar-refractivity contribution is 6.29. The van der Waals surface area contributed by atoms with Gasteiger partial charge in [-0.3, -0.25) is 0 Å². The molecule has 8 heteroatoms. The van der Waals surface area contributed by atoms with Gasteiger partial charge in [0, 0.05) is 6.07 Å². The molecule has 4 nitrogen and oxygen atoms in total. The molecule has 2 heterocycles. The van der Waals surface area contributed by atoms with Crippen LogP contribution >= 0.6 is 11.6 Å². The summed E-state index contributed by atoms with van der Waals surface area (Å²) in [7, 11) is 0. The van der Waals surface area contributed by atoms with Crippen LogP contribution in [0.2, 0.25) is 5.15 Å². The summed E-state index contributed by atoms with van der Waals surface area (Å²) in [6, 6.07) is -0.506. The standard InChI is InChI=1S/C10H9ClF3N3O/c1-5(10(12,13)14)17-7-2-8(11)15-3-6(7)16-9(17)4-18/h2-3,5,18H,4H2,1H3. The van der Waals surface area contributed by atoms with E-state index in [2.05, 4.69) is 9.97 Å². The van der Waals surface area contributed by atoms with E-state index < -0.39 is 18.8 Å². The maximum Gasteiger partial charge on any atom is 0.408 e. The van der Waals surface area contributed by atoms with Crippen LogP contribution in [0, 0.1) is 0 Å². The van der Waals surface area contributed by atoms with Gasteiger partial charge in [0.2, 0.25) is 0 Å². The number of imidazole rings is 1. The molecule has 0 aromatic carbocycles. The molecular formula is C10H9ClF3N3O. The number of rotatable bonds is 2. The van der Waals surface area contributed by atoms with Crippen LogP contribution in [0.3, 0.4) is 0 Å². The van der Waals surface area contributed by atoms with E-state index in [9.17, 15) is 13.2 Å². The largest absolute Gasteiger partial charge is 0.408 e. The number of hydrogen-bond acceptors (Lipinski definition) is 3. The molecule has 1 N–H and O–H groups in total. The molecule has 0 bridgehead atoms. The highest BCUT2D eigenvalue weighted by Crippen LogP contribution is 2.34. The van der Waals surface area contributed by atoms with Gasteiger partial charge in [0.15, 0.2) is 0 Å². The first kappa shape index (κ1) is 13.1. The second-order valence-electron chi connectivity index (χ2n) is 3.77. The maximum atomic E-state index is 12.8. The van der Waals surface area contributed by atoms with Gasteiger partial charge in [-0.1, -0.05) is 11.6 Å². The zero-order valence-electron chi connectivity index (χ0n) is 9.24. The lowest BCUT2D eigenvalue weighted by molar-refractivity contribution is -0.162. The van der Waals surface area contributed by atoms with Crippen molar-refractivity contribution in [2.75, 3.05) is 0 Å². The lowest BCUT2D eigenvalue weighted by atomic mass is 10.3. The molecule has 2 aromatic rings. The minimum Gasteiger partial charge on any atom is -0.388 e. The van der Waals surface area contributed by atoms with E-state index in [1.165, 1.54) is 12.3 Å². The lowest BCUT2D eigenvalue weighted by Gasteiger charge is -2.19. The van der Waals surface area contributed by atoms with Crippen LogP contribution in [0.4, 0.5) is 13.2 Å². The van der Waals surface area contributed by atoms with Crippen molar-refractivity contribution in [2.45, 2.75) is 25.7 Å². The fraction of sp³-hybridized carbons (Fsp3) is 0.400. The van der Waals surface area contributed by atoms with Gasteiger partial charge in [-0.25, -0.2) is 9.97 Å². The Labute approximate surface area is 105 Å². The third-order valence-electron chi connectivity index (χ3n) is 2.62. The molecule has 0 amide bonds. The zero-order valence-corrected chi connectivity index (χ0v) is 10.00. The first-order valence-corrected chi connectivity index (χ1v) is 5.42. The Hall–Kier alpha value is -1.34. The molecule has 2 aromatic heterocycles. The molecule has 1 atom stereocenters. The Balaban J connectivity index is 2.70. The van der Waals surface area contributed by atoms with E-state index in [1.807, 2.05) is 0 Å². The number of pyridine rings is 1. The van der Waals surface area contributed by atoms with Crippen molar-refractivity contribution in [2.24, 2.45) is 0 Å². The van der Waals surface area contributed by atoms with E-state index in [4.69, 9.17) is 16.7 Å². The molecule has 0 saturated heterocycles. The number of hydrogen-bond donors (Lipinski definition) is 1. The van der Waals surface area contributed by atoms with Crippen molar-refractivity contribution in [3.8, 4) is 0 Å². The summed E-state index contributed by atoms with van der Waals surface area (Å²) in [5.74, 6) is -0.0705. The molecule has 18 heavy (non-hydrogen) atoms. The summed E-state index contributed by atoms with van der Waals surface area (Å²) in [4.78, 5) is 7.64. The summed E-state index contributed by atoms with van der Waals surface area (Å²) >= 11 is 5.67. The number of aliphatic hydroxyl groups excluding tert-OH is 1. The first-order valence-electron chi connectivity index (χ1n) is 5.04. The van der Waals surface area contributed by atoms with E-state index in [0.717, 1.165) is 11.5 Å². The van der Waals surface area contributed by atoms with Crippen LogP contribution in [0.25, 0.3) is 11.0 Å². The Morgan fingerprint density at radius 3 is 2.72 bits per heavy atom. The van der Waals surface area contributed by atoms with Gasteiger partial charge >= 0.3 is 6.18 Å². The van der Waals surface area contributed by atoms with E-state index in [-0.39, 0.29) is 22.0 Å². The zero-order chi connectivity index (χ0) is 13.5. The maximum absolute atomic E-state index is 12.8. The van der Waals surface area contributed by atoms with E-state index in [1.54, 1.807) is 0 Å². The van der Waals surface area contributed by atoms with Crippen molar-refractivity contribution >= 4 is 22.6 Å². The van der Waals surface area contributed by atoms with Crippen LogP contribution in [-0.4, -0.2) is 25.8 Å². The second-order valence-corrected chi connectivity index (χ2v) is 4.16. The number of halogens is 4. The molecule has 0 aliphatic rings. The molecule has 0 radical (unpaired) electrons. The average molecular weight is 280 g/mol. The van der Waals surface area contributed by atoms with Crippen LogP contribution in [-0.2, 0) is 6.61 Å². The average Bonchev–Trinajstić information content (AvgIpc) is 2.64. The van der Waals surface area contributed by atoms with Gasteiger partial charge in [0.25, 0.3) is 0 Å². The Kier molecular flexibility index (Phi) is 3.20. The minimum absolute atomic E-state index is 0.0705. The smallest absolute Gasteiger partial charge is 0.388 e. The number of aromatic nitrogens is 3. The SMILES string of the molecule is CC(n1c(CO)nc2cnc(Cl)cc21)C(F)(F)F. The first-order chi connectivity index (χ1) is 8.34. The summed E-state index contributed by atoms with van der Waals surface area (Å²) < 4.78 is 39.3. The summed E-state index contributed by atoms with van der Waals surface area (Å²) in [6.45, 7) is 0.404. The highest BCUT2D eigenvalue weighted by atomic mass is 35.5. The predicted octanol–water partition coefficient (Wildman–Crippen LogP) is 2.70. The molecule has 0 aliphatic carbocycles. The van der Waals surface area contributed by atoms with E-state index >= 15 is 0 Å². The lowest BCUT2D eigenvalue weighted by Crippen LogP contribution is -2.25. The molecule has 0 fully saturated rings. The normalized spacial score (nSPS) is 14.1. The molecule has 0 spiro atoms. The summed E-state index contributed by atoms with van der Waals surface area (Å²) in [5.41, 5.74) is 0.462.